The maximum absolute atomic E-state index is 7.94. The second-order valence-electron chi connectivity index (χ2n) is 3.38. The molecule has 104 valence electrons. The zero-order valence-corrected chi connectivity index (χ0v) is 13.5. The topological polar surface area (TPSA) is 29.5 Å². The molecule has 8 heteroatoms. The highest BCUT2D eigenvalue weighted by Gasteiger charge is 2.46. The van der Waals surface area contributed by atoms with E-state index < -0.39 is 32.3 Å². The van der Waals surface area contributed by atoms with Crippen molar-refractivity contribution in [2.24, 2.45) is 0 Å². The highest BCUT2D eigenvalue weighted by Crippen LogP contribution is 2.39. The fourth-order valence-electron chi connectivity index (χ4n) is 1.15. The van der Waals surface area contributed by atoms with Crippen molar-refractivity contribution < 1.29 is 9.84 Å². The Bertz CT molecular complexity index is 147. The summed E-state index contributed by atoms with van der Waals surface area (Å²) in [6, 6.07) is 0. The van der Waals surface area contributed by atoms with Gasteiger partial charge in [0.05, 0.1) is 45.5 Å². The molecule has 1 N–H and O–H groups in total. The number of methoxy groups -OCH3 is 1. The first kappa shape index (κ1) is 18.7. The van der Waals surface area contributed by atoms with Gasteiger partial charge in [-0.05, 0) is 0 Å². The molecule has 1 fully saturated rings. The molecule has 0 amide bonds. The van der Waals surface area contributed by atoms with Gasteiger partial charge in [0.15, 0.2) is 0 Å². The SMILES string of the molecule is COCCO.ClC1C(Cl)C(Cl)C(Cl)C(Cl)C1Cl. The zero-order chi connectivity index (χ0) is 13.6. The van der Waals surface area contributed by atoms with E-state index in [2.05, 4.69) is 4.74 Å². The minimum atomic E-state index is -0.437. The highest BCUT2D eigenvalue weighted by atomic mass is 35.5. The molecule has 1 saturated carbocycles. The lowest BCUT2D eigenvalue weighted by Gasteiger charge is -2.37. The van der Waals surface area contributed by atoms with E-state index in [0.717, 1.165) is 0 Å². The number of ether oxygens (including phenoxy) is 1. The molecule has 0 radical (unpaired) electrons. The third-order valence-electron chi connectivity index (χ3n) is 2.12. The molecule has 2 nitrogen and oxygen atoms in total. The van der Waals surface area contributed by atoms with Gasteiger partial charge in [-0.25, -0.2) is 0 Å². The summed E-state index contributed by atoms with van der Waals surface area (Å²) in [4.78, 5) is 0. The molecule has 0 aromatic carbocycles. The normalized spacial score (nSPS) is 41.6. The molecule has 0 unspecified atom stereocenters. The molecule has 0 saturated heterocycles. The first-order valence-corrected chi connectivity index (χ1v) is 7.44. The van der Waals surface area contributed by atoms with Gasteiger partial charge in [-0.1, -0.05) is 0 Å². The number of hydrogen-bond acceptors (Lipinski definition) is 2. The van der Waals surface area contributed by atoms with Gasteiger partial charge in [0.2, 0.25) is 0 Å². The quantitative estimate of drug-likeness (QED) is 0.760. The maximum Gasteiger partial charge on any atom is 0.0693 e. The van der Waals surface area contributed by atoms with E-state index in [-0.39, 0.29) is 6.61 Å². The highest BCUT2D eigenvalue weighted by molar-refractivity contribution is 6.45. The Labute approximate surface area is 131 Å². The standard InChI is InChI=1S/C6H6Cl6.C3H8O2/c7-1-2(8)4(10)6(12)5(11)3(1)9;1-5-3-2-4/h1-6H;4H,2-3H2,1H3. The van der Waals surface area contributed by atoms with Crippen LogP contribution in [0.5, 0.6) is 0 Å². The van der Waals surface area contributed by atoms with Crippen LogP contribution in [0.2, 0.25) is 0 Å². The molecule has 1 aliphatic carbocycles. The van der Waals surface area contributed by atoms with Crippen LogP contribution in [0, 0.1) is 0 Å². The van der Waals surface area contributed by atoms with Crippen LogP contribution in [0.1, 0.15) is 0 Å². The Hall–Kier alpha value is 1.66. The minimum absolute atomic E-state index is 0.122. The summed E-state index contributed by atoms with van der Waals surface area (Å²) in [6.07, 6.45) is 0. The molecule has 0 atom stereocenters. The number of alkyl halides is 6. The van der Waals surface area contributed by atoms with Crippen LogP contribution in [-0.2, 0) is 4.74 Å². The van der Waals surface area contributed by atoms with E-state index in [1.807, 2.05) is 0 Å². The summed E-state index contributed by atoms with van der Waals surface area (Å²) in [5, 5.41) is 5.32. The summed E-state index contributed by atoms with van der Waals surface area (Å²) in [5.74, 6) is 0. The first-order valence-electron chi connectivity index (χ1n) is 4.82. The van der Waals surface area contributed by atoms with E-state index in [1.165, 1.54) is 0 Å². The van der Waals surface area contributed by atoms with Crippen LogP contribution in [0.4, 0.5) is 0 Å². The summed E-state index contributed by atoms with van der Waals surface area (Å²) in [6.45, 7) is 0.566. The van der Waals surface area contributed by atoms with Crippen LogP contribution >= 0.6 is 69.6 Å². The van der Waals surface area contributed by atoms with Gasteiger partial charge in [-0.3, -0.25) is 0 Å². The second kappa shape index (κ2) is 9.55. The van der Waals surface area contributed by atoms with Gasteiger partial charge >= 0.3 is 0 Å². The van der Waals surface area contributed by atoms with E-state index in [4.69, 9.17) is 74.7 Å². The Morgan fingerprint density at radius 1 is 0.765 bits per heavy atom. The average Bonchev–Trinajstić information content (AvgIpc) is 2.33. The summed E-state index contributed by atoms with van der Waals surface area (Å²) < 4.78 is 4.44. The van der Waals surface area contributed by atoms with Crippen molar-refractivity contribution in [1.29, 1.82) is 0 Å². The number of halogens is 6. The third kappa shape index (κ3) is 5.66. The van der Waals surface area contributed by atoms with Crippen molar-refractivity contribution in [3.63, 3.8) is 0 Å². The van der Waals surface area contributed by atoms with E-state index in [1.54, 1.807) is 7.11 Å². The summed E-state index contributed by atoms with van der Waals surface area (Å²) in [5.41, 5.74) is 0. The zero-order valence-electron chi connectivity index (χ0n) is 9.00. The van der Waals surface area contributed by atoms with Crippen molar-refractivity contribution >= 4 is 69.6 Å². The van der Waals surface area contributed by atoms with Crippen LogP contribution < -0.4 is 0 Å². The molecule has 0 heterocycles. The molecule has 1 rings (SSSR count). The van der Waals surface area contributed by atoms with Crippen molar-refractivity contribution in [1.82, 2.24) is 0 Å². The predicted molar refractivity (Wildman–Crippen MR) is 76.8 cm³/mol. The van der Waals surface area contributed by atoms with E-state index in [9.17, 15) is 0 Å². The van der Waals surface area contributed by atoms with E-state index >= 15 is 0 Å². The van der Waals surface area contributed by atoms with Gasteiger partial charge < -0.3 is 9.84 Å². The molecule has 0 aromatic heterocycles. The third-order valence-corrected chi connectivity index (χ3v) is 6.15. The Morgan fingerprint density at radius 3 is 1.06 bits per heavy atom. The van der Waals surface area contributed by atoms with Crippen LogP contribution in [0.3, 0.4) is 0 Å². The summed E-state index contributed by atoms with van der Waals surface area (Å²) >= 11 is 35.3. The lowest BCUT2D eigenvalue weighted by molar-refractivity contribution is 0.135. The predicted octanol–water partition coefficient (Wildman–Crippen LogP) is 3.27. The Morgan fingerprint density at radius 2 is 1.00 bits per heavy atom. The Balaban J connectivity index is 0.000000437. The number of aliphatic hydroxyl groups excluding tert-OH is 1. The van der Waals surface area contributed by atoms with Crippen LogP contribution in [0.15, 0.2) is 0 Å². The maximum atomic E-state index is 7.94. The van der Waals surface area contributed by atoms with Gasteiger partial charge in [0.1, 0.15) is 0 Å². The largest absolute Gasteiger partial charge is 0.394 e. The smallest absolute Gasteiger partial charge is 0.0693 e. The fraction of sp³-hybridized carbons (Fsp3) is 1.00. The average molecular weight is 367 g/mol. The number of rotatable bonds is 2. The fourth-order valence-corrected chi connectivity index (χ4v) is 3.47. The monoisotopic (exact) mass is 364 g/mol. The van der Waals surface area contributed by atoms with Crippen LogP contribution in [0.25, 0.3) is 0 Å². The van der Waals surface area contributed by atoms with Gasteiger partial charge in [-0.15, -0.1) is 69.6 Å². The van der Waals surface area contributed by atoms with Crippen LogP contribution in [-0.4, -0.2) is 57.7 Å². The van der Waals surface area contributed by atoms with Crippen molar-refractivity contribution in [2.45, 2.75) is 32.3 Å². The summed E-state index contributed by atoms with van der Waals surface area (Å²) in [7, 11) is 1.55. The molecule has 1 aliphatic rings. The lowest BCUT2D eigenvalue weighted by Crippen LogP contribution is -2.52. The molecule has 0 aromatic rings. The Kier molecular flexibility index (Phi) is 10.5. The molecular formula is C9H14Cl6O2. The lowest BCUT2D eigenvalue weighted by atomic mass is 9.97. The number of hydrogen-bond donors (Lipinski definition) is 1. The van der Waals surface area contributed by atoms with Crippen molar-refractivity contribution in [2.75, 3.05) is 20.3 Å². The molecule has 0 spiro atoms. The molecule has 17 heavy (non-hydrogen) atoms. The molecule has 0 aliphatic heterocycles. The minimum Gasteiger partial charge on any atom is -0.394 e. The molecule has 0 bridgehead atoms. The van der Waals surface area contributed by atoms with Gasteiger partial charge in [0.25, 0.3) is 0 Å². The van der Waals surface area contributed by atoms with Gasteiger partial charge in [0, 0.05) is 7.11 Å². The van der Waals surface area contributed by atoms with Crippen molar-refractivity contribution in [3.8, 4) is 0 Å². The number of aliphatic hydroxyl groups is 1. The van der Waals surface area contributed by atoms with E-state index in [0.29, 0.717) is 6.61 Å². The first-order chi connectivity index (χ1) is 7.88. The van der Waals surface area contributed by atoms with Gasteiger partial charge in [-0.2, -0.15) is 0 Å². The van der Waals surface area contributed by atoms with Crippen molar-refractivity contribution in [3.05, 3.63) is 0 Å². The second-order valence-corrected chi connectivity index (χ2v) is 6.41. The molecular weight excluding hydrogens is 353 g/mol.